The molecule has 1 aromatic carbocycles. The van der Waals surface area contributed by atoms with Crippen molar-refractivity contribution >= 4 is 17.1 Å². The molecular weight excluding hydrogens is 216 g/mol. The van der Waals surface area contributed by atoms with Gasteiger partial charge in [0.2, 0.25) is 0 Å². The first kappa shape index (κ1) is 9.67. The molecule has 2 heterocycles. The van der Waals surface area contributed by atoms with Gasteiger partial charge in [-0.15, -0.1) is 11.3 Å². The number of aryl methyl sites for hydroxylation is 1. The third-order valence-corrected chi connectivity index (χ3v) is 3.58. The standard InChI is InChI=1S/C14H12OS/c1-2-7-12-11(5-1)6-3-8-13(15-12)14-9-4-10-16-14/h1-2,4-5,7-10H,3,6H2. The lowest BCUT2D eigenvalue weighted by molar-refractivity contribution is 0.514. The Morgan fingerprint density at radius 2 is 2.00 bits per heavy atom. The summed E-state index contributed by atoms with van der Waals surface area (Å²) in [6.45, 7) is 0. The van der Waals surface area contributed by atoms with Gasteiger partial charge in [-0.2, -0.15) is 0 Å². The van der Waals surface area contributed by atoms with E-state index in [4.69, 9.17) is 4.74 Å². The Bertz CT molecular complexity index is 511. The van der Waals surface area contributed by atoms with Crippen molar-refractivity contribution in [2.45, 2.75) is 12.8 Å². The predicted molar refractivity (Wildman–Crippen MR) is 67.7 cm³/mol. The monoisotopic (exact) mass is 228 g/mol. The lowest BCUT2D eigenvalue weighted by atomic mass is 10.1. The van der Waals surface area contributed by atoms with Crippen LogP contribution in [-0.2, 0) is 6.42 Å². The maximum atomic E-state index is 5.97. The summed E-state index contributed by atoms with van der Waals surface area (Å²) in [6.07, 6.45) is 4.29. The number of hydrogen-bond acceptors (Lipinski definition) is 2. The van der Waals surface area contributed by atoms with E-state index in [9.17, 15) is 0 Å². The van der Waals surface area contributed by atoms with E-state index in [1.54, 1.807) is 11.3 Å². The average molecular weight is 228 g/mol. The van der Waals surface area contributed by atoms with Crippen LogP contribution in [0.1, 0.15) is 16.9 Å². The minimum absolute atomic E-state index is 1.000. The largest absolute Gasteiger partial charge is 0.456 e. The number of hydrogen-bond donors (Lipinski definition) is 0. The summed E-state index contributed by atoms with van der Waals surface area (Å²) in [5.41, 5.74) is 1.30. The molecule has 2 aromatic rings. The Morgan fingerprint density at radius 3 is 2.88 bits per heavy atom. The number of rotatable bonds is 1. The molecule has 80 valence electrons. The molecule has 1 nitrogen and oxygen atoms in total. The Kier molecular flexibility index (Phi) is 2.50. The fourth-order valence-corrected chi connectivity index (χ4v) is 2.60. The summed E-state index contributed by atoms with van der Waals surface area (Å²) >= 11 is 1.72. The highest BCUT2D eigenvalue weighted by Gasteiger charge is 2.12. The molecule has 0 spiro atoms. The Balaban J connectivity index is 1.98. The number of fused-ring (bicyclic) bond motifs is 1. The van der Waals surface area contributed by atoms with Gasteiger partial charge in [0.25, 0.3) is 0 Å². The highest BCUT2D eigenvalue weighted by molar-refractivity contribution is 7.11. The summed E-state index contributed by atoms with van der Waals surface area (Å²) in [5, 5.41) is 2.08. The minimum atomic E-state index is 1.000. The molecular formula is C14H12OS. The molecule has 0 saturated carbocycles. The topological polar surface area (TPSA) is 9.23 Å². The van der Waals surface area contributed by atoms with Crippen molar-refractivity contribution in [3.63, 3.8) is 0 Å². The molecule has 3 rings (SSSR count). The first-order chi connectivity index (χ1) is 7.93. The van der Waals surface area contributed by atoms with Crippen molar-refractivity contribution in [3.05, 3.63) is 58.3 Å². The molecule has 1 aliphatic rings. The van der Waals surface area contributed by atoms with Crippen LogP contribution in [0.4, 0.5) is 0 Å². The molecule has 0 N–H and O–H groups in total. The van der Waals surface area contributed by atoms with Crippen molar-refractivity contribution in [2.24, 2.45) is 0 Å². The third kappa shape index (κ3) is 1.76. The van der Waals surface area contributed by atoms with E-state index in [-0.39, 0.29) is 0 Å². The van der Waals surface area contributed by atoms with Crippen LogP contribution < -0.4 is 4.74 Å². The zero-order valence-corrected chi connectivity index (χ0v) is 9.67. The van der Waals surface area contributed by atoms with Gasteiger partial charge in [-0.3, -0.25) is 0 Å². The van der Waals surface area contributed by atoms with Gasteiger partial charge in [-0.25, -0.2) is 0 Å². The van der Waals surface area contributed by atoms with Crippen molar-refractivity contribution < 1.29 is 4.74 Å². The molecule has 0 saturated heterocycles. The number of benzene rings is 1. The Hall–Kier alpha value is -1.54. The van der Waals surface area contributed by atoms with Gasteiger partial charge in [0.15, 0.2) is 0 Å². The zero-order chi connectivity index (χ0) is 10.8. The number of allylic oxidation sites excluding steroid dienone is 1. The van der Waals surface area contributed by atoms with Gasteiger partial charge < -0.3 is 4.74 Å². The highest BCUT2D eigenvalue weighted by atomic mass is 32.1. The highest BCUT2D eigenvalue weighted by Crippen LogP contribution is 2.30. The van der Waals surface area contributed by atoms with Gasteiger partial charge in [0, 0.05) is 0 Å². The van der Waals surface area contributed by atoms with Crippen molar-refractivity contribution in [1.29, 1.82) is 0 Å². The molecule has 16 heavy (non-hydrogen) atoms. The van der Waals surface area contributed by atoms with Crippen molar-refractivity contribution in [2.75, 3.05) is 0 Å². The van der Waals surface area contributed by atoms with Crippen molar-refractivity contribution in [3.8, 4) is 5.75 Å². The Labute approximate surface area is 99.0 Å². The van der Waals surface area contributed by atoms with Crippen LogP contribution in [-0.4, -0.2) is 0 Å². The van der Waals surface area contributed by atoms with Crippen LogP contribution in [0.2, 0.25) is 0 Å². The minimum Gasteiger partial charge on any atom is -0.456 e. The van der Waals surface area contributed by atoms with Gasteiger partial charge >= 0.3 is 0 Å². The molecule has 0 bridgehead atoms. The lowest BCUT2D eigenvalue weighted by Gasteiger charge is -2.08. The second kappa shape index (κ2) is 4.14. The second-order valence-electron chi connectivity index (χ2n) is 3.79. The quantitative estimate of drug-likeness (QED) is 0.713. The molecule has 0 atom stereocenters. The van der Waals surface area contributed by atoms with Crippen LogP contribution >= 0.6 is 11.3 Å². The third-order valence-electron chi connectivity index (χ3n) is 2.70. The Morgan fingerprint density at radius 1 is 1.06 bits per heavy atom. The molecule has 0 unspecified atom stereocenters. The van der Waals surface area contributed by atoms with E-state index in [1.807, 2.05) is 12.1 Å². The van der Waals surface area contributed by atoms with Crippen LogP contribution in [0.15, 0.2) is 47.9 Å². The average Bonchev–Trinajstić information content (AvgIpc) is 2.75. The summed E-state index contributed by atoms with van der Waals surface area (Å²) < 4.78 is 5.97. The first-order valence-corrected chi connectivity index (χ1v) is 6.31. The van der Waals surface area contributed by atoms with Gasteiger partial charge in [-0.1, -0.05) is 24.3 Å². The second-order valence-corrected chi connectivity index (χ2v) is 4.74. The SMILES string of the molecule is C1=C(c2cccs2)Oc2ccccc2CC1. The smallest absolute Gasteiger partial charge is 0.140 e. The summed E-state index contributed by atoms with van der Waals surface area (Å²) in [5.74, 6) is 2.00. The van der Waals surface area contributed by atoms with Gasteiger partial charge in [0.05, 0.1) is 4.88 Å². The van der Waals surface area contributed by atoms with Crippen LogP contribution in [0, 0.1) is 0 Å². The number of ether oxygens (including phenoxy) is 1. The molecule has 2 heteroatoms. The van der Waals surface area contributed by atoms with Gasteiger partial charge in [-0.05, 0) is 42.0 Å². The maximum Gasteiger partial charge on any atom is 0.140 e. The van der Waals surface area contributed by atoms with Crippen LogP contribution in [0.5, 0.6) is 5.75 Å². The first-order valence-electron chi connectivity index (χ1n) is 5.43. The molecule has 0 fully saturated rings. The van der Waals surface area contributed by atoms with Crippen LogP contribution in [0.3, 0.4) is 0 Å². The number of para-hydroxylation sites is 1. The normalized spacial score (nSPS) is 14.6. The van der Waals surface area contributed by atoms with E-state index in [0.717, 1.165) is 24.4 Å². The molecule has 1 aliphatic heterocycles. The fourth-order valence-electron chi connectivity index (χ4n) is 1.90. The fraction of sp³-hybridized carbons (Fsp3) is 0.143. The molecule has 0 amide bonds. The maximum absolute atomic E-state index is 5.97. The molecule has 0 aliphatic carbocycles. The van der Waals surface area contributed by atoms with Crippen molar-refractivity contribution in [1.82, 2.24) is 0 Å². The van der Waals surface area contributed by atoms with E-state index in [1.165, 1.54) is 10.4 Å². The van der Waals surface area contributed by atoms with E-state index in [0.29, 0.717) is 0 Å². The van der Waals surface area contributed by atoms with Gasteiger partial charge in [0.1, 0.15) is 11.5 Å². The van der Waals surface area contributed by atoms with E-state index in [2.05, 4.69) is 35.7 Å². The summed E-state index contributed by atoms with van der Waals surface area (Å²) in [7, 11) is 0. The molecule has 0 radical (unpaired) electrons. The zero-order valence-electron chi connectivity index (χ0n) is 8.85. The predicted octanol–water partition coefficient (Wildman–Crippen LogP) is 4.11. The lowest BCUT2D eigenvalue weighted by Crippen LogP contribution is -1.92. The summed E-state index contributed by atoms with van der Waals surface area (Å²) in [4.78, 5) is 1.21. The van der Waals surface area contributed by atoms with Crippen LogP contribution in [0.25, 0.3) is 5.76 Å². The van der Waals surface area contributed by atoms with E-state index < -0.39 is 0 Å². The number of thiophene rings is 1. The molecule has 1 aromatic heterocycles. The summed E-state index contributed by atoms with van der Waals surface area (Å²) in [6, 6.07) is 12.4. The van der Waals surface area contributed by atoms with E-state index >= 15 is 0 Å².